The van der Waals surface area contributed by atoms with Crippen LogP contribution in [0.5, 0.6) is 11.5 Å². The van der Waals surface area contributed by atoms with Gasteiger partial charge in [-0.3, -0.25) is 14.4 Å². The van der Waals surface area contributed by atoms with E-state index in [4.69, 9.17) is 9.47 Å². The molecule has 9 nitrogen and oxygen atoms in total. The number of carbonyl (C=O) groups excluding carboxylic acids is 3. The van der Waals surface area contributed by atoms with Crippen molar-refractivity contribution in [2.24, 2.45) is 17.8 Å². The van der Waals surface area contributed by atoms with Gasteiger partial charge in [0.25, 0.3) is 5.91 Å². The van der Waals surface area contributed by atoms with Gasteiger partial charge in [0.15, 0.2) is 0 Å². The topological polar surface area (TPSA) is 99.6 Å². The van der Waals surface area contributed by atoms with Crippen LogP contribution in [-0.2, 0) is 20.8 Å². The number of aliphatic hydroxyl groups excluding tert-OH is 1. The minimum absolute atomic E-state index is 0.0553. The van der Waals surface area contributed by atoms with Crippen molar-refractivity contribution >= 4 is 40.9 Å². The van der Waals surface area contributed by atoms with Crippen molar-refractivity contribution in [1.82, 2.24) is 4.90 Å². The molecule has 3 aromatic rings. The Bertz CT molecular complexity index is 1730. The van der Waals surface area contributed by atoms with Crippen LogP contribution in [0.25, 0.3) is 0 Å². The van der Waals surface area contributed by atoms with Crippen molar-refractivity contribution in [3.05, 3.63) is 110 Å². The van der Waals surface area contributed by atoms with Crippen LogP contribution in [0, 0.1) is 17.8 Å². The van der Waals surface area contributed by atoms with Crippen LogP contribution in [0.1, 0.15) is 25.8 Å². The van der Waals surface area contributed by atoms with E-state index in [1.807, 2.05) is 73.7 Å². The maximum Gasteiger partial charge on any atom is 0.251 e. The molecule has 2 bridgehead atoms. The van der Waals surface area contributed by atoms with Gasteiger partial charge in [-0.25, -0.2) is 0 Å². The number of rotatable bonds is 15. The van der Waals surface area contributed by atoms with Crippen LogP contribution in [0.4, 0.5) is 11.4 Å². The van der Waals surface area contributed by atoms with Crippen LogP contribution in [0.15, 0.2) is 104 Å². The van der Waals surface area contributed by atoms with Gasteiger partial charge >= 0.3 is 0 Å². The molecule has 0 aliphatic carbocycles. The van der Waals surface area contributed by atoms with Gasteiger partial charge in [0.1, 0.15) is 17.5 Å². The summed E-state index contributed by atoms with van der Waals surface area (Å²) in [6.07, 6.45) is 4.40. The third kappa shape index (κ3) is 6.44. The lowest BCUT2D eigenvalue weighted by Gasteiger charge is -2.42. The van der Waals surface area contributed by atoms with Crippen molar-refractivity contribution < 1.29 is 29.0 Å². The Morgan fingerprint density at radius 1 is 0.961 bits per heavy atom. The van der Waals surface area contributed by atoms with Gasteiger partial charge in [-0.05, 0) is 79.8 Å². The standard InChI is InChI=1S/C41H47N3O6S/c1-6-22-42(29-16-20-33(21-17-29)50-8-3)38(46)35-34-24-27(4)41(51-34)36(35)39(47)44(31(26-45)25-28-12-10-9-11-13-28)37(41)40(48)43(23-7-2)30-14-18-32(49-5)19-15-30/h6-7,9-21,27,31,34-37,45H,1-2,8,22-26H2,3-5H3/t27?,31-,34+,35-,36+,37?,41?/m1/s1. The van der Waals surface area contributed by atoms with E-state index in [2.05, 4.69) is 20.1 Å². The fourth-order valence-electron chi connectivity index (χ4n) is 8.43. The molecule has 3 aliphatic rings. The fourth-order valence-corrected chi connectivity index (χ4v) is 10.8. The number of anilines is 2. The van der Waals surface area contributed by atoms with E-state index in [-0.39, 0.29) is 48.6 Å². The summed E-state index contributed by atoms with van der Waals surface area (Å²) in [6, 6.07) is 22.7. The molecule has 3 heterocycles. The maximum atomic E-state index is 15.2. The van der Waals surface area contributed by atoms with Gasteiger partial charge in [0, 0.05) is 29.7 Å². The van der Waals surface area contributed by atoms with Gasteiger partial charge in [-0.2, -0.15) is 0 Å². The molecule has 1 spiro atoms. The number of methoxy groups -OCH3 is 1. The molecule has 3 saturated heterocycles. The summed E-state index contributed by atoms with van der Waals surface area (Å²) in [6.45, 7) is 12.5. The van der Waals surface area contributed by atoms with Crippen molar-refractivity contribution in [2.45, 2.75) is 48.8 Å². The van der Waals surface area contributed by atoms with E-state index in [9.17, 15) is 9.90 Å². The lowest BCUT2D eigenvalue weighted by molar-refractivity contribution is -0.141. The monoisotopic (exact) mass is 709 g/mol. The highest BCUT2D eigenvalue weighted by Gasteiger charge is 2.77. The number of hydrogen-bond acceptors (Lipinski definition) is 7. The highest BCUT2D eigenvalue weighted by molar-refractivity contribution is 8.02. The summed E-state index contributed by atoms with van der Waals surface area (Å²) in [5, 5.41) is 10.8. The summed E-state index contributed by atoms with van der Waals surface area (Å²) in [4.78, 5) is 50.2. The van der Waals surface area contributed by atoms with Crippen LogP contribution in [0.3, 0.4) is 0 Å². The molecule has 51 heavy (non-hydrogen) atoms. The van der Waals surface area contributed by atoms with Crippen molar-refractivity contribution in [3.8, 4) is 11.5 Å². The number of benzene rings is 3. The molecule has 268 valence electrons. The first-order valence-corrected chi connectivity index (χ1v) is 18.5. The molecule has 7 atom stereocenters. The molecule has 1 N–H and O–H groups in total. The zero-order valence-electron chi connectivity index (χ0n) is 29.5. The Hall–Kier alpha value is -4.54. The van der Waals surface area contributed by atoms with Gasteiger partial charge in [-0.15, -0.1) is 24.9 Å². The summed E-state index contributed by atoms with van der Waals surface area (Å²) in [7, 11) is 1.59. The Labute approximate surface area is 304 Å². The zero-order chi connectivity index (χ0) is 36.3. The second-order valence-corrected chi connectivity index (χ2v) is 15.0. The number of fused-ring (bicyclic) bond motifs is 1. The maximum absolute atomic E-state index is 15.2. The van der Waals surface area contributed by atoms with E-state index >= 15 is 9.59 Å². The Kier molecular flexibility index (Phi) is 10.9. The molecular formula is C41H47N3O6S. The van der Waals surface area contributed by atoms with E-state index < -0.39 is 28.7 Å². The minimum Gasteiger partial charge on any atom is -0.497 e. The number of nitrogens with zero attached hydrogens (tertiary/aromatic N) is 3. The van der Waals surface area contributed by atoms with E-state index in [1.165, 1.54) is 0 Å². The van der Waals surface area contributed by atoms with E-state index in [0.29, 0.717) is 42.3 Å². The van der Waals surface area contributed by atoms with Crippen molar-refractivity contribution in [3.63, 3.8) is 0 Å². The average Bonchev–Trinajstić information content (AvgIpc) is 3.75. The third-order valence-electron chi connectivity index (χ3n) is 10.6. The molecule has 3 fully saturated rings. The van der Waals surface area contributed by atoms with Gasteiger partial charge in [0.2, 0.25) is 11.8 Å². The van der Waals surface area contributed by atoms with Crippen LogP contribution >= 0.6 is 11.8 Å². The van der Waals surface area contributed by atoms with Gasteiger partial charge < -0.3 is 29.3 Å². The fraction of sp³-hybridized carbons (Fsp3) is 0.390. The normalized spacial score (nSPS) is 25.2. The van der Waals surface area contributed by atoms with E-state index in [1.54, 1.807) is 57.9 Å². The van der Waals surface area contributed by atoms with Crippen LogP contribution in [-0.4, -0.2) is 83.2 Å². The lowest BCUT2D eigenvalue weighted by Crippen LogP contribution is -2.59. The molecule has 3 amide bonds. The summed E-state index contributed by atoms with van der Waals surface area (Å²) >= 11 is 1.62. The summed E-state index contributed by atoms with van der Waals surface area (Å²) < 4.78 is 10.1. The second kappa shape index (κ2) is 15.4. The molecule has 0 radical (unpaired) electrons. The van der Waals surface area contributed by atoms with E-state index in [0.717, 1.165) is 5.56 Å². The Morgan fingerprint density at radius 2 is 1.55 bits per heavy atom. The minimum atomic E-state index is -0.931. The average molecular weight is 710 g/mol. The Morgan fingerprint density at radius 3 is 2.10 bits per heavy atom. The van der Waals surface area contributed by atoms with Crippen LogP contribution < -0.4 is 19.3 Å². The molecule has 3 aliphatic heterocycles. The van der Waals surface area contributed by atoms with Gasteiger partial charge in [0.05, 0.1) is 42.9 Å². The number of aliphatic hydroxyl groups is 1. The number of ether oxygens (including phenoxy) is 2. The first-order chi connectivity index (χ1) is 24.7. The molecule has 0 saturated carbocycles. The predicted molar refractivity (Wildman–Crippen MR) is 202 cm³/mol. The molecule has 6 rings (SSSR count). The van der Waals surface area contributed by atoms with Gasteiger partial charge in [-0.1, -0.05) is 49.4 Å². The smallest absolute Gasteiger partial charge is 0.251 e. The highest BCUT2D eigenvalue weighted by Crippen LogP contribution is 2.69. The quantitative estimate of drug-likeness (QED) is 0.200. The predicted octanol–water partition coefficient (Wildman–Crippen LogP) is 5.77. The number of thioether (sulfide) groups is 1. The lowest BCUT2D eigenvalue weighted by atomic mass is 9.65. The molecule has 3 aromatic carbocycles. The summed E-state index contributed by atoms with van der Waals surface area (Å²) in [5.74, 6) is -0.825. The molecule has 3 unspecified atom stereocenters. The second-order valence-electron chi connectivity index (χ2n) is 13.4. The Balaban J connectivity index is 1.45. The number of hydrogen-bond donors (Lipinski definition) is 1. The SMILES string of the molecule is C=CCN(C(=O)C1N([C@@H](CO)Cc2ccccc2)C(=O)[C@@H]2[C@H](C(=O)N(CC=C)c3ccc(OCC)cc3)[C@@H]3CC(C)C12S3)c1ccc(OC)cc1. The number of carbonyl (C=O) groups is 3. The number of amides is 3. The molecule has 0 aromatic heterocycles. The van der Waals surface area contributed by atoms with Crippen LogP contribution in [0.2, 0.25) is 0 Å². The largest absolute Gasteiger partial charge is 0.497 e. The zero-order valence-corrected chi connectivity index (χ0v) is 30.3. The number of likely N-dealkylation sites (tertiary alicyclic amines) is 1. The van der Waals surface area contributed by atoms with Crippen molar-refractivity contribution in [1.29, 1.82) is 0 Å². The molecular weight excluding hydrogens is 663 g/mol. The molecule has 10 heteroatoms. The first-order valence-electron chi connectivity index (χ1n) is 17.6. The summed E-state index contributed by atoms with van der Waals surface area (Å²) in [5.41, 5.74) is 2.26. The van der Waals surface area contributed by atoms with Crippen molar-refractivity contribution in [2.75, 3.05) is 43.2 Å². The first kappa shape index (κ1) is 36.3. The third-order valence-corrected chi connectivity index (χ3v) is 12.7. The highest BCUT2D eigenvalue weighted by atomic mass is 32.2.